The second-order valence-corrected chi connectivity index (χ2v) is 5.76. The number of ether oxygens (including phenoxy) is 2. The Hall–Kier alpha value is -0.900. The summed E-state index contributed by atoms with van der Waals surface area (Å²) in [4.78, 5) is 0. The van der Waals surface area contributed by atoms with Crippen LogP contribution in [0.5, 0.6) is 0 Å². The maximum absolute atomic E-state index is 10.8. The molecule has 1 aliphatic rings. The van der Waals surface area contributed by atoms with Crippen LogP contribution < -0.4 is 0 Å². The van der Waals surface area contributed by atoms with E-state index in [1.54, 1.807) is 0 Å². The van der Waals surface area contributed by atoms with Gasteiger partial charge in [-0.15, -0.1) is 0 Å². The molecule has 21 heavy (non-hydrogen) atoms. The number of hydrogen-bond donors (Lipinski definition) is 1. The van der Waals surface area contributed by atoms with Crippen molar-refractivity contribution in [2.45, 2.75) is 64.3 Å². The number of hydrogen-bond acceptors (Lipinski definition) is 3. The Morgan fingerprint density at radius 2 is 2.00 bits per heavy atom. The maximum atomic E-state index is 10.8. The molecule has 1 aromatic carbocycles. The highest BCUT2D eigenvalue weighted by Crippen LogP contribution is 2.35. The molecule has 2 rings (SSSR count). The summed E-state index contributed by atoms with van der Waals surface area (Å²) in [6.45, 7) is 7.50. The van der Waals surface area contributed by atoms with Crippen molar-refractivity contribution < 1.29 is 14.6 Å². The molecule has 0 fully saturated rings. The van der Waals surface area contributed by atoms with Gasteiger partial charge in [0.25, 0.3) is 0 Å². The lowest BCUT2D eigenvalue weighted by molar-refractivity contribution is -0.140. The van der Waals surface area contributed by atoms with Gasteiger partial charge in [-0.25, -0.2) is 0 Å². The summed E-state index contributed by atoms with van der Waals surface area (Å²) in [7, 11) is 0. The molecule has 0 aromatic heterocycles. The monoisotopic (exact) mass is 292 g/mol. The third-order valence-electron chi connectivity index (χ3n) is 4.77. The molecule has 0 saturated heterocycles. The van der Waals surface area contributed by atoms with Gasteiger partial charge in [-0.3, -0.25) is 0 Å². The molecule has 2 atom stereocenters. The predicted molar refractivity (Wildman–Crippen MR) is 84.4 cm³/mol. The summed E-state index contributed by atoms with van der Waals surface area (Å²) in [5.74, 6) is 0. The summed E-state index contributed by atoms with van der Waals surface area (Å²) in [5, 5.41) is 10.8. The standard InChI is InChI=1S/C18H28O3/c1-4-18(5-2,21-6-3)17(19)13-16-15-10-8-7-9-14(15)11-12-20-16/h7-10,16-17,19H,4-6,11-13H2,1-3H3. The Morgan fingerprint density at radius 1 is 1.29 bits per heavy atom. The summed E-state index contributed by atoms with van der Waals surface area (Å²) in [6, 6.07) is 8.39. The van der Waals surface area contributed by atoms with Crippen LogP contribution in [0.25, 0.3) is 0 Å². The Morgan fingerprint density at radius 3 is 2.67 bits per heavy atom. The van der Waals surface area contributed by atoms with Crippen LogP contribution >= 0.6 is 0 Å². The quantitative estimate of drug-likeness (QED) is 0.833. The summed E-state index contributed by atoms with van der Waals surface area (Å²) < 4.78 is 11.8. The molecule has 2 unspecified atom stereocenters. The molecule has 1 aliphatic heterocycles. The molecule has 0 saturated carbocycles. The van der Waals surface area contributed by atoms with Crippen LogP contribution in [0, 0.1) is 0 Å². The molecule has 3 nitrogen and oxygen atoms in total. The average Bonchev–Trinajstić information content (AvgIpc) is 2.53. The minimum atomic E-state index is -0.511. The summed E-state index contributed by atoms with van der Waals surface area (Å²) in [6.07, 6.45) is 2.64. The average molecular weight is 292 g/mol. The van der Waals surface area contributed by atoms with Gasteiger partial charge in [0.1, 0.15) is 0 Å². The van der Waals surface area contributed by atoms with Crippen LogP contribution in [0.1, 0.15) is 57.3 Å². The second kappa shape index (κ2) is 7.39. The molecule has 0 spiro atoms. The SMILES string of the molecule is CCOC(CC)(CC)C(O)CC1OCCc2ccccc21. The smallest absolute Gasteiger partial charge is 0.0935 e. The number of rotatable bonds is 7. The van der Waals surface area contributed by atoms with Crippen molar-refractivity contribution >= 4 is 0 Å². The van der Waals surface area contributed by atoms with Crippen LogP contribution in [-0.4, -0.2) is 30.0 Å². The summed E-state index contributed by atoms with van der Waals surface area (Å²) >= 11 is 0. The van der Waals surface area contributed by atoms with E-state index in [1.807, 2.05) is 13.0 Å². The first kappa shape index (κ1) is 16.5. The fourth-order valence-electron chi connectivity index (χ4n) is 3.40. The van der Waals surface area contributed by atoms with Crippen molar-refractivity contribution in [1.82, 2.24) is 0 Å². The highest BCUT2D eigenvalue weighted by atomic mass is 16.5. The van der Waals surface area contributed by atoms with Crippen LogP contribution in [0.3, 0.4) is 0 Å². The molecule has 3 heteroatoms. The van der Waals surface area contributed by atoms with E-state index in [1.165, 1.54) is 11.1 Å². The molecule has 1 aromatic rings. The molecule has 0 radical (unpaired) electrons. The lowest BCUT2D eigenvalue weighted by Gasteiger charge is -2.38. The first-order chi connectivity index (χ1) is 10.2. The van der Waals surface area contributed by atoms with Gasteiger partial charge >= 0.3 is 0 Å². The number of fused-ring (bicyclic) bond motifs is 1. The second-order valence-electron chi connectivity index (χ2n) is 5.76. The van der Waals surface area contributed by atoms with Gasteiger partial charge in [0.15, 0.2) is 0 Å². The Kier molecular flexibility index (Phi) is 5.80. The number of benzene rings is 1. The highest BCUT2D eigenvalue weighted by molar-refractivity contribution is 5.31. The topological polar surface area (TPSA) is 38.7 Å². The van der Waals surface area contributed by atoms with Crippen molar-refractivity contribution in [3.05, 3.63) is 35.4 Å². The van der Waals surface area contributed by atoms with Crippen molar-refractivity contribution in [2.75, 3.05) is 13.2 Å². The molecule has 118 valence electrons. The van der Waals surface area contributed by atoms with E-state index in [-0.39, 0.29) is 6.10 Å². The molecule has 0 amide bonds. The lowest BCUT2D eigenvalue weighted by atomic mass is 9.84. The third-order valence-corrected chi connectivity index (χ3v) is 4.77. The zero-order chi connectivity index (χ0) is 15.3. The number of aliphatic hydroxyl groups excluding tert-OH is 1. The van der Waals surface area contributed by atoms with Gasteiger partial charge < -0.3 is 14.6 Å². The van der Waals surface area contributed by atoms with E-state index in [0.717, 1.165) is 25.9 Å². The largest absolute Gasteiger partial charge is 0.390 e. The zero-order valence-electron chi connectivity index (χ0n) is 13.5. The maximum Gasteiger partial charge on any atom is 0.0935 e. The minimum absolute atomic E-state index is 0.0251. The van der Waals surface area contributed by atoms with E-state index in [4.69, 9.17) is 9.47 Å². The third kappa shape index (κ3) is 3.47. The molecule has 0 bridgehead atoms. The summed E-state index contributed by atoms with van der Waals surface area (Å²) in [5.41, 5.74) is 2.11. The molecule has 0 aliphatic carbocycles. The van der Waals surface area contributed by atoms with Crippen LogP contribution in [0.2, 0.25) is 0 Å². The van der Waals surface area contributed by atoms with E-state index in [9.17, 15) is 5.11 Å². The van der Waals surface area contributed by atoms with Gasteiger partial charge in [-0.1, -0.05) is 38.1 Å². The van der Waals surface area contributed by atoms with Gasteiger partial charge in [-0.2, -0.15) is 0 Å². The van der Waals surface area contributed by atoms with Crippen LogP contribution in [0.4, 0.5) is 0 Å². The van der Waals surface area contributed by atoms with E-state index in [2.05, 4.69) is 32.0 Å². The van der Waals surface area contributed by atoms with Gasteiger partial charge in [0, 0.05) is 13.0 Å². The van der Waals surface area contributed by atoms with Gasteiger partial charge in [0.05, 0.1) is 24.4 Å². The Balaban J connectivity index is 2.14. The van der Waals surface area contributed by atoms with E-state index < -0.39 is 11.7 Å². The highest BCUT2D eigenvalue weighted by Gasteiger charge is 2.37. The van der Waals surface area contributed by atoms with Crippen molar-refractivity contribution in [3.8, 4) is 0 Å². The Bertz CT molecular complexity index is 440. The molecular formula is C18H28O3. The lowest BCUT2D eigenvalue weighted by Crippen LogP contribution is -2.45. The first-order valence-electron chi connectivity index (χ1n) is 8.18. The Labute approximate surface area is 128 Å². The van der Waals surface area contributed by atoms with Crippen molar-refractivity contribution in [2.24, 2.45) is 0 Å². The van der Waals surface area contributed by atoms with E-state index >= 15 is 0 Å². The van der Waals surface area contributed by atoms with Crippen LogP contribution in [-0.2, 0) is 15.9 Å². The fourth-order valence-corrected chi connectivity index (χ4v) is 3.40. The first-order valence-corrected chi connectivity index (χ1v) is 8.18. The molecular weight excluding hydrogens is 264 g/mol. The van der Waals surface area contributed by atoms with E-state index in [0.29, 0.717) is 13.0 Å². The van der Waals surface area contributed by atoms with Crippen molar-refractivity contribution in [3.63, 3.8) is 0 Å². The molecule has 1 heterocycles. The predicted octanol–water partition coefficient (Wildman–Crippen LogP) is 3.65. The zero-order valence-corrected chi connectivity index (χ0v) is 13.5. The fraction of sp³-hybridized carbons (Fsp3) is 0.667. The normalized spacial score (nSPS) is 20.1. The van der Waals surface area contributed by atoms with Gasteiger partial charge in [-0.05, 0) is 37.3 Å². The van der Waals surface area contributed by atoms with Crippen LogP contribution in [0.15, 0.2) is 24.3 Å². The van der Waals surface area contributed by atoms with Gasteiger partial charge in [0.2, 0.25) is 0 Å². The molecule has 1 N–H and O–H groups in total. The minimum Gasteiger partial charge on any atom is -0.390 e. The number of aliphatic hydroxyl groups is 1. The van der Waals surface area contributed by atoms with Crippen molar-refractivity contribution in [1.29, 1.82) is 0 Å².